The van der Waals surface area contributed by atoms with Crippen molar-refractivity contribution in [2.75, 3.05) is 54.1 Å². The number of ether oxygens (including phenoxy) is 3. The average molecular weight is 365 g/mol. The summed E-state index contributed by atoms with van der Waals surface area (Å²) in [6.45, 7) is 2.70. The van der Waals surface area contributed by atoms with E-state index in [-0.39, 0.29) is 18.5 Å². The van der Waals surface area contributed by atoms with E-state index in [1.807, 2.05) is 12.1 Å². The molecular formula is C18H27N3O5. The molecule has 144 valence electrons. The van der Waals surface area contributed by atoms with Crippen molar-refractivity contribution < 1.29 is 23.8 Å². The summed E-state index contributed by atoms with van der Waals surface area (Å²) in [5, 5.41) is 2.92. The van der Waals surface area contributed by atoms with Crippen LogP contribution in [-0.4, -0.2) is 75.9 Å². The molecule has 0 spiro atoms. The lowest BCUT2D eigenvalue weighted by atomic mass is 10.2. The van der Waals surface area contributed by atoms with Crippen molar-refractivity contribution in [2.45, 2.75) is 13.0 Å². The maximum atomic E-state index is 12.5. The van der Waals surface area contributed by atoms with Gasteiger partial charge in [0.15, 0.2) is 0 Å². The van der Waals surface area contributed by atoms with Crippen molar-refractivity contribution in [1.82, 2.24) is 15.1 Å². The Bertz CT molecular complexity index is 623. The summed E-state index contributed by atoms with van der Waals surface area (Å²) in [5.41, 5.74) is 0.869. The normalized spacial score (nSPS) is 14.6. The Morgan fingerprint density at radius 3 is 2.46 bits per heavy atom. The molecular weight excluding hydrogens is 338 g/mol. The zero-order valence-electron chi connectivity index (χ0n) is 15.6. The highest BCUT2D eigenvalue weighted by Gasteiger charge is 2.21. The van der Waals surface area contributed by atoms with Crippen LogP contribution < -0.4 is 14.8 Å². The van der Waals surface area contributed by atoms with Crippen LogP contribution in [0.2, 0.25) is 0 Å². The maximum absolute atomic E-state index is 12.5. The highest BCUT2D eigenvalue weighted by atomic mass is 16.5. The Hall–Kier alpha value is -2.48. The number of rotatable bonds is 6. The average Bonchev–Trinajstić information content (AvgIpc) is 2.92. The number of carbonyl (C=O) groups excluding carboxylic acids is 2. The first-order valence-corrected chi connectivity index (χ1v) is 8.59. The lowest BCUT2D eigenvalue weighted by molar-refractivity contribution is -0.135. The molecule has 8 nitrogen and oxygen atoms in total. The quantitative estimate of drug-likeness (QED) is 0.816. The highest BCUT2D eigenvalue weighted by molar-refractivity contribution is 5.78. The monoisotopic (exact) mass is 365 g/mol. The first-order valence-electron chi connectivity index (χ1n) is 8.59. The summed E-state index contributed by atoms with van der Waals surface area (Å²) in [4.78, 5) is 27.9. The molecule has 0 aliphatic carbocycles. The third-order valence-electron chi connectivity index (χ3n) is 4.33. The summed E-state index contributed by atoms with van der Waals surface area (Å²) >= 11 is 0. The minimum absolute atomic E-state index is 0.0438. The Balaban J connectivity index is 1.89. The molecule has 8 heteroatoms. The number of urea groups is 1. The zero-order valence-corrected chi connectivity index (χ0v) is 15.6. The van der Waals surface area contributed by atoms with E-state index in [1.165, 1.54) is 7.11 Å². The van der Waals surface area contributed by atoms with Gasteiger partial charge in [-0.25, -0.2) is 4.79 Å². The molecule has 1 aliphatic heterocycles. The number of hydrogen-bond donors (Lipinski definition) is 1. The third-order valence-corrected chi connectivity index (χ3v) is 4.33. The highest BCUT2D eigenvalue weighted by Crippen LogP contribution is 2.24. The van der Waals surface area contributed by atoms with Gasteiger partial charge in [-0.1, -0.05) is 0 Å². The number of nitrogens with zero attached hydrogens (tertiary/aromatic N) is 2. The standard InChI is InChI=1S/C18H27N3O5/c1-24-13-17(22)20-7-4-8-21(10-9-20)18(23)19-12-14-5-6-15(25-2)11-16(14)26-3/h5-6,11H,4,7-10,12-13H2,1-3H3,(H,19,23). The van der Waals surface area contributed by atoms with Crippen LogP contribution in [0.5, 0.6) is 11.5 Å². The van der Waals surface area contributed by atoms with E-state index < -0.39 is 0 Å². The molecule has 26 heavy (non-hydrogen) atoms. The molecule has 1 fully saturated rings. The van der Waals surface area contributed by atoms with Gasteiger partial charge in [0.1, 0.15) is 18.1 Å². The second kappa shape index (κ2) is 9.86. The predicted octanol–water partition coefficient (Wildman–Crippen LogP) is 1.09. The zero-order chi connectivity index (χ0) is 18.9. The summed E-state index contributed by atoms with van der Waals surface area (Å²) in [6.07, 6.45) is 0.745. The minimum atomic E-state index is -0.149. The third kappa shape index (κ3) is 5.26. The molecule has 0 unspecified atom stereocenters. The molecule has 1 saturated heterocycles. The van der Waals surface area contributed by atoms with Gasteiger partial charge in [-0.3, -0.25) is 4.79 Å². The van der Waals surface area contributed by atoms with Crippen LogP contribution in [0.15, 0.2) is 18.2 Å². The van der Waals surface area contributed by atoms with Gasteiger partial charge < -0.3 is 29.3 Å². The van der Waals surface area contributed by atoms with Gasteiger partial charge in [0.25, 0.3) is 0 Å². The Labute approximate surface area is 154 Å². The number of benzene rings is 1. The Morgan fingerprint density at radius 1 is 1.04 bits per heavy atom. The first kappa shape index (κ1) is 19.8. The number of methoxy groups -OCH3 is 3. The van der Waals surface area contributed by atoms with Crippen molar-refractivity contribution in [3.05, 3.63) is 23.8 Å². The van der Waals surface area contributed by atoms with Gasteiger partial charge in [-0.15, -0.1) is 0 Å². The molecule has 1 heterocycles. The molecule has 0 radical (unpaired) electrons. The largest absolute Gasteiger partial charge is 0.497 e. The van der Waals surface area contributed by atoms with Gasteiger partial charge in [0.05, 0.1) is 14.2 Å². The fourth-order valence-electron chi connectivity index (χ4n) is 2.87. The smallest absolute Gasteiger partial charge is 0.317 e. The fraction of sp³-hybridized carbons (Fsp3) is 0.556. The molecule has 2 rings (SSSR count). The van der Waals surface area contributed by atoms with Crippen molar-refractivity contribution in [3.63, 3.8) is 0 Å². The lowest BCUT2D eigenvalue weighted by Gasteiger charge is -2.22. The van der Waals surface area contributed by atoms with Gasteiger partial charge in [-0.2, -0.15) is 0 Å². The van der Waals surface area contributed by atoms with E-state index in [4.69, 9.17) is 14.2 Å². The van der Waals surface area contributed by atoms with Crippen LogP contribution in [0, 0.1) is 0 Å². The minimum Gasteiger partial charge on any atom is -0.497 e. The topological polar surface area (TPSA) is 80.3 Å². The molecule has 0 aromatic heterocycles. The van der Waals surface area contributed by atoms with E-state index in [0.717, 1.165) is 12.0 Å². The molecule has 0 bridgehead atoms. The Morgan fingerprint density at radius 2 is 1.77 bits per heavy atom. The second-order valence-corrected chi connectivity index (χ2v) is 5.99. The van der Waals surface area contributed by atoms with Crippen molar-refractivity contribution >= 4 is 11.9 Å². The van der Waals surface area contributed by atoms with Crippen LogP contribution in [0.1, 0.15) is 12.0 Å². The summed E-state index contributed by atoms with van der Waals surface area (Å²) in [7, 11) is 4.68. The molecule has 1 aromatic carbocycles. The number of amides is 3. The fourth-order valence-corrected chi connectivity index (χ4v) is 2.87. The van der Waals surface area contributed by atoms with E-state index in [0.29, 0.717) is 44.2 Å². The maximum Gasteiger partial charge on any atom is 0.317 e. The lowest BCUT2D eigenvalue weighted by Crippen LogP contribution is -2.42. The van der Waals surface area contributed by atoms with Crippen LogP contribution in [0.25, 0.3) is 0 Å². The van der Waals surface area contributed by atoms with Crippen molar-refractivity contribution in [3.8, 4) is 11.5 Å². The number of hydrogen-bond acceptors (Lipinski definition) is 5. The molecule has 1 aliphatic rings. The van der Waals surface area contributed by atoms with E-state index >= 15 is 0 Å². The van der Waals surface area contributed by atoms with Gasteiger partial charge in [0, 0.05) is 51.5 Å². The molecule has 0 atom stereocenters. The molecule has 1 aromatic rings. The summed E-state index contributed by atoms with van der Waals surface area (Å²) in [6, 6.07) is 5.33. The van der Waals surface area contributed by atoms with Crippen LogP contribution >= 0.6 is 0 Å². The van der Waals surface area contributed by atoms with Gasteiger partial charge >= 0.3 is 6.03 Å². The summed E-state index contributed by atoms with van der Waals surface area (Å²) in [5.74, 6) is 1.32. The van der Waals surface area contributed by atoms with Crippen molar-refractivity contribution in [2.24, 2.45) is 0 Å². The van der Waals surface area contributed by atoms with E-state index in [9.17, 15) is 9.59 Å². The van der Waals surface area contributed by atoms with Gasteiger partial charge in [-0.05, 0) is 18.6 Å². The van der Waals surface area contributed by atoms with E-state index in [1.54, 1.807) is 30.1 Å². The first-order chi connectivity index (χ1) is 12.6. The Kier molecular flexibility index (Phi) is 7.53. The second-order valence-electron chi connectivity index (χ2n) is 5.99. The van der Waals surface area contributed by atoms with Crippen LogP contribution in [-0.2, 0) is 16.1 Å². The van der Waals surface area contributed by atoms with Crippen LogP contribution in [0.3, 0.4) is 0 Å². The van der Waals surface area contributed by atoms with Crippen LogP contribution in [0.4, 0.5) is 4.79 Å². The molecule has 3 amide bonds. The molecule has 1 N–H and O–H groups in total. The predicted molar refractivity (Wildman–Crippen MR) is 96.4 cm³/mol. The van der Waals surface area contributed by atoms with Crippen molar-refractivity contribution in [1.29, 1.82) is 0 Å². The SMILES string of the molecule is COCC(=O)N1CCCN(C(=O)NCc2ccc(OC)cc2OC)CC1. The molecule has 0 saturated carbocycles. The number of carbonyl (C=O) groups is 2. The van der Waals surface area contributed by atoms with E-state index in [2.05, 4.69) is 5.32 Å². The summed E-state index contributed by atoms with van der Waals surface area (Å²) < 4.78 is 15.4. The van der Waals surface area contributed by atoms with Gasteiger partial charge in [0.2, 0.25) is 5.91 Å². The number of nitrogens with one attached hydrogen (secondary N) is 1.